The van der Waals surface area contributed by atoms with Gasteiger partial charge in [0.2, 0.25) is 0 Å². The van der Waals surface area contributed by atoms with Gasteiger partial charge in [0.25, 0.3) is 0 Å². The Bertz CT molecular complexity index is 388. The molecule has 1 aliphatic carbocycles. The molecule has 0 spiro atoms. The Hall–Kier alpha value is -0.810. The van der Waals surface area contributed by atoms with Crippen LogP contribution >= 0.6 is 0 Å². The molecular weight excluding hydrogens is 314 g/mol. The third-order valence-corrected chi connectivity index (χ3v) is 5.73. The summed E-state index contributed by atoms with van der Waals surface area (Å²) < 4.78 is 11.8. The topological polar surface area (TPSA) is 46.1 Å². The number of nitrogens with zero attached hydrogens (tertiary/aromatic N) is 2. The summed E-state index contributed by atoms with van der Waals surface area (Å²) in [6.07, 6.45) is 11.0. The van der Waals surface area contributed by atoms with E-state index in [2.05, 4.69) is 29.2 Å². The Labute approximate surface area is 154 Å². The Morgan fingerprint density at radius 2 is 1.96 bits per heavy atom. The molecule has 2 aliphatic rings. The summed E-state index contributed by atoms with van der Waals surface area (Å²) in [6.45, 7) is 6.83. The highest BCUT2D eigenvalue weighted by Crippen LogP contribution is 2.31. The third-order valence-electron chi connectivity index (χ3n) is 5.73. The molecule has 1 saturated carbocycles. The molecule has 0 unspecified atom stereocenters. The standard InChI is InChI=1S/C20H39N3O2/c1-4-14-25-20(11-6-5-7-12-20)17-22-19(21-2)23(3)13-8-18-9-15-24-16-10-18/h18H,4-17H2,1-3H3,(H,21,22). The van der Waals surface area contributed by atoms with E-state index < -0.39 is 0 Å². The Balaban J connectivity index is 1.80. The third kappa shape index (κ3) is 6.78. The van der Waals surface area contributed by atoms with Gasteiger partial charge in [-0.15, -0.1) is 0 Å². The molecule has 0 bridgehead atoms. The van der Waals surface area contributed by atoms with Crippen molar-refractivity contribution in [2.75, 3.05) is 47.0 Å². The Morgan fingerprint density at radius 1 is 1.24 bits per heavy atom. The van der Waals surface area contributed by atoms with Crippen molar-refractivity contribution in [3.63, 3.8) is 0 Å². The minimum Gasteiger partial charge on any atom is -0.381 e. The lowest BCUT2D eigenvalue weighted by Gasteiger charge is -2.38. The van der Waals surface area contributed by atoms with Crippen LogP contribution < -0.4 is 5.32 Å². The lowest BCUT2D eigenvalue weighted by molar-refractivity contribution is -0.0659. The average molecular weight is 354 g/mol. The van der Waals surface area contributed by atoms with Gasteiger partial charge in [-0.1, -0.05) is 26.2 Å². The van der Waals surface area contributed by atoms with Crippen LogP contribution in [0.1, 0.15) is 64.7 Å². The fourth-order valence-corrected chi connectivity index (χ4v) is 4.03. The van der Waals surface area contributed by atoms with Gasteiger partial charge >= 0.3 is 0 Å². The molecule has 25 heavy (non-hydrogen) atoms. The monoisotopic (exact) mass is 353 g/mol. The van der Waals surface area contributed by atoms with Crippen molar-refractivity contribution in [1.29, 1.82) is 0 Å². The first-order valence-electron chi connectivity index (χ1n) is 10.3. The van der Waals surface area contributed by atoms with Gasteiger partial charge in [-0.05, 0) is 44.4 Å². The highest BCUT2D eigenvalue weighted by Gasteiger charge is 2.33. The summed E-state index contributed by atoms with van der Waals surface area (Å²) >= 11 is 0. The van der Waals surface area contributed by atoms with Crippen LogP contribution in [-0.2, 0) is 9.47 Å². The van der Waals surface area contributed by atoms with E-state index in [-0.39, 0.29) is 5.60 Å². The molecule has 5 heteroatoms. The van der Waals surface area contributed by atoms with Gasteiger partial charge in [0, 0.05) is 47.0 Å². The van der Waals surface area contributed by atoms with E-state index in [4.69, 9.17) is 9.47 Å². The van der Waals surface area contributed by atoms with Gasteiger partial charge in [-0.2, -0.15) is 0 Å². The van der Waals surface area contributed by atoms with Crippen LogP contribution in [0.15, 0.2) is 4.99 Å². The first-order chi connectivity index (χ1) is 12.2. The summed E-state index contributed by atoms with van der Waals surface area (Å²) in [4.78, 5) is 6.77. The predicted molar refractivity (Wildman–Crippen MR) is 104 cm³/mol. The maximum Gasteiger partial charge on any atom is 0.193 e. The van der Waals surface area contributed by atoms with Crippen LogP contribution in [0.25, 0.3) is 0 Å². The fraction of sp³-hybridized carbons (Fsp3) is 0.950. The fourth-order valence-electron chi connectivity index (χ4n) is 4.03. The molecule has 1 N–H and O–H groups in total. The average Bonchev–Trinajstić information content (AvgIpc) is 2.67. The smallest absolute Gasteiger partial charge is 0.193 e. The molecular formula is C20H39N3O2. The summed E-state index contributed by atoms with van der Waals surface area (Å²) in [5.74, 6) is 1.80. The Morgan fingerprint density at radius 3 is 2.60 bits per heavy atom. The number of guanidine groups is 1. The van der Waals surface area contributed by atoms with Crippen molar-refractivity contribution in [2.45, 2.75) is 70.3 Å². The molecule has 1 aliphatic heterocycles. The molecule has 2 rings (SSSR count). The molecule has 0 aromatic rings. The van der Waals surface area contributed by atoms with Crippen molar-refractivity contribution in [3.05, 3.63) is 0 Å². The van der Waals surface area contributed by atoms with Crippen LogP contribution in [0.4, 0.5) is 0 Å². The number of hydrogen-bond acceptors (Lipinski definition) is 3. The van der Waals surface area contributed by atoms with Crippen LogP contribution in [0, 0.1) is 5.92 Å². The van der Waals surface area contributed by atoms with Gasteiger partial charge in [-0.3, -0.25) is 4.99 Å². The molecule has 1 saturated heterocycles. The van der Waals surface area contributed by atoms with E-state index >= 15 is 0 Å². The highest BCUT2D eigenvalue weighted by atomic mass is 16.5. The Kier molecular flexibility index (Phi) is 9.04. The molecule has 0 aromatic heterocycles. The summed E-state index contributed by atoms with van der Waals surface area (Å²) in [5.41, 5.74) is 0.00570. The van der Waals surface area contributed by atoms with Gasteiger partial charge in [0.05, 0.1) is 5.60 Å². The minimum atomic E-state index is 0.00570. The zero-order valence-corrected chi connectivity index (χ0v) is 16.7. The summed E-state index contributed by atoms with van der Waals surface area (Å²) in [6, 6.07) is 0. The predicted octanol–water partition coefficient (Wildman–Crippen LogP) is 3.44. The lowest BCUT2D eigenvalue weighted by atomic mass is 9.84. The molecule has 1 heterocycles. The number of hydrogen-bond donors (Lipinski definition) is 1. The normalized spacial score (nSPS) is 22.0. The quantitative estimate of drug-likeness (QED) is 0.536. The molecule has 2 fully saturated rings. The van der Waals surface area contributed by atoms with Crippen molar-refractivity contribution in [2.24, 2.45) is 10.9 Å². The first-order valence-corrected chi connectivity index (χ1v) is 10.3. The van der Waals surface area contributed by atoms with E-state index in [0.29, 0.717) is 0 Å². The van der Waals surface area contributed by atoms with E-state index in [1.54, 1.807) is 0 Å². The van der Waals surface area contributed by atoms with E-state index in [1.807, 2.05) is 7.05 Å². The van der Waals surface area contributed by atoms with Crippen molar-refractivity contribution in [3.8, 4) is 0 Å². The summed E-state index contributed by atoms with van der Waals surface area (Å²) in [7, 11) is 4.03. The second-order valence-electron chi connectivity index (χ2n) is 7.76. The molecule has 0 radical (unpaired) electrons. The zero-order chi connectivity index (χ0) is 18.0. The SMILES string of the molecule is CCCOC1(CNC(=NC)N(C)CCC2CCOCC2)CCCCC1. The summed E-state index contributed by atoms with van der Waals surface area (Å²) in [5, 5.41) is 3.60. The largest absolute Gasteiger partial charge is 0.381 e. The second kappa shape index (κ2) is 11.0. The van der Waals surface area contributed by atoms with Crippen LogP contribution in [-0.4, -0.2) is 63.5 Å². The number of ether oxygens (including phenoxy) is 2. The second-order valence-corrected chi connectivity index (χ2v) is 7.76. The molecule has 0 amide bonds. The molecule has 5 nitrogen and oxygen atoms in total. The lowest BCUT2D eigenvalue weighted by Crippen LogP contribution is -2.50. The minimum absolute atomic E-state index is 0.00570. The number of nitrogens with one attached hydrogen (secondary N) is 1. The zero-order valence-electron chi connectivity index (χ0n) is 16.7. The van der Waals surface area contributed by atoms with Gasteiger partial charge < -0.3 is 19.7 Å². The highest BCUT2D eigenvalue weighted by molar-refractivity contribution is 5.79. The van der Waals surface area contributed by atoms with Crippen molar-refractivity contribution < 1.29 is 9.47 Å². The van der Waals surface area contributed by atoms with Gasteiger partial charge in [0.1, 0.15) is 0 Å². The van der Waals surface area contributed by atoms with E-state index in [0.717, 1.165) is 51.2 Å². The van der Waals surface area contributed by atoms with Gasteiger partial charge in [0.15, 0.2) is 5.96 Å². The van der Waals surface area contributed by atoms with Crippen LogP contribution in [0.3, 0.4) is 0 Å². The van der Waals surface area contributed by atoms with E-state index in [1.165, 1.54) is 51.4 Å². The molecule has 146 valence electrons. The maximum absolute atomic E-state index is 6.30. The number of rotatable bonds is 8. The molecule has 0 aromatic carbocycles. The number of aliphatic imine (C=N–C) groups is 1. The van der Waals surface area contributed by atoms with Crippen LogP contribution in [0.2, 0.25) is 0 Å². The maximum atomic E-state index is 6.30. The van der Waals surface area contributed by atoms with Crippen LogP contribution in [0.5, 0.6) is 0 Å². The first kappa shape index (κ1) is 20.5. The van der Waals surface area contributed by atoms with E-state index in [9.17, 15) is 0 Å². The molecule has 0 atom stereocenters. The van der Waals surface area contributed by atoms with Gasteiger partial charge in [-0.25, -0.2) is 0 Å². The van der Waals surface area contributed by atoms with Crippen molar-refractivity contribution >= 4 is 5.96 Å². The van der Waals surface area contributed by atoms with Crippen molar-refractivity contribution in [1.82, 2.24) is 10.2 Å².